The summed E-state index contributed by atoms with van der Waals surface area (Å²) in [6.07, 6.45) is -2.34. The van der Waals surface area contributed by atoms with Crippen LogP contribution in [0.2, 0.25) is 0 Å². The molecule has 0 aliphatic heterocycles. The Labute approximate surface area is 92.9 Å². The maximum atomic E-state index is 11.7. The Kier molecular flexibility index (Phi) is 4.36. The topological polar surface area (TPSA) is 34.5 Å². The van der Waals surface area contributed by atoms with E-state index in [-0.39, 0.29) is 11.4 Å². The summed E-state index contributed by atoms with van der Waals surface area (Å²) in [7, 11) is 0. The first-order chi connectivity index (χ1) is 7.87. The Morgan fingerprint density at radius 3 is 2.53 bits per heavy atom. The molecular formula is C9H7F5N2O. The molecule has 94 valence electrons. The lowest BCUT2D eigenvalue weighted by Crippen LogP contribution is -2.11. The number of alkyl halides is 5. The molecule has 0 fully saturated rings. The number of nitrogens with zero attached hydrogens (tertiary/aromatic N) is 2. The second kappa shape index (κ2) is 5.55. The fourth-order valence-corrected chi connectivity index (χ4v) is 0.884. The third-order valence-corrected chi connectivity index (χ3v) is 1.48. The number of aliphatic imine (C=N–C) groups is 1. The highest BCUT2D eigenvalue weighted by molar-refractivity contribution is 5.79. The SMILES string of the molecule is FC(F)Oc1ccc(/C=N/CC(F)(F)F)cn1. The van der Waals surface area contributed by atoms with Gasteiger partial charge < -0.3 is 4.74 Å². The van der Waals surface area contributed by atoms with E-state index in [0.29, 0.717) is 0 Å². The average Bonchev–Trinajstić information content (AvgIpc) is 2.18. The summed E-state index contributed by atoms with van der Waals surface area (Å²) >= 11 is 0. The van der Waals surface area contributed by atoms with Crippen LogP contribution in [0.5, 0.6) is 5.88 Å². The van der Waals surface area contributed by atoms with E-state index in [1.54, 1.807) is 0 Å². The minimum atomic E-state index is -4.37. The lowest BCUT2D eigenvalue weighted by molar-refractivity contribution is -0.118. The second-order valence-electron chi connectivity index (χ2n) is 2.89. The van der Waals surface area contributed by atoms with Gasteiger partial charge >= 0.3 is 12.8 Å². The summed E-state index contributed by atoms with van der Waals surface area (Å²) in [5, 5.41) is 0. The van der Waals surface area contributed by atoms with Gasteiger partial charge in [-0.2, -0.15) is 22.0 Å². The van der Waals surface area contributed by atoms with E-state index in [1.807, 2.05) is 0 Å². The monoisotopic (exact) mass is 254 g/mol. The van der Waals surface area contributed by atoms with E-state index in [1.165, 1.54) is 6.07 Å². The van der Waals surface area contributed by atoms with E-state index >= 15 is 0 Å². The zero-order valence-electron chi connectivity index (χ0n) is 8.29. The number of rotatable bonds is 4. The minimum absolute atomic E-state index is 0.260. The Morgan fingerprint density at radius 1 is 1.35 bits per heavy atom. The Morgan fingerprint density at radius 2 is 2.06 bits per heavy atom. The van der Waals surface area contributed by atoms with Crippen molar-refractivity contribution in [1.29, 1.82) is 0 Å². The molecular weight excluding hydrogens is 247 g/mol. The first-order valence-electron chi connectivity index (χ1n) is 4.34. The van der Waals surface area contributed by atoms with E-state index in [0.717, 1.165) is 18.5 Å². The van der Waals surface area contributed by atoms with E-state index < -0.39 is 19.3 Å². The van der Waals surface area contributed by atoms with Gasteiger partial charge in [0.25, 0.3) is 0 Å². The van der Waals surface area contributed by atoms with Crippen LogP contribution in [0.25, 0.3) is 0 Å². The quantitative estimate of drug-likeness (QED) is 0.611. The highest BCUT2D eigenvalue weighted by Crippen LogP contribution is 2.14. The van der Waals surface area contributed by atoms with Crippen molar-refractivity contribution in [2.75, 3.05) is 6.54 Å². The summed E-state index contributed by atoms with van der Waals surface area (Å²) in [5.41, 5.74) is 0.260. The molecule has 1 rings (SSSR count). The normalized spacial score (nSPS) is 12.4. The van der Waals surface area contributed by atoms with Crippen molar-refractivity contribution in [3.8, 4) is 5.88 Å². The molecule has 0 N–H and O–H groups in total. The molecule has 0 aliphatic carbocycles. The summed E-state index contributed by atoms with van der Waals surface area (Å²) in [5.74, 6) is -0.312. The first-order valence-corrected chi connectivity index (χ1v) is 4.34. The first kappa shape index (κ1) is 13.3. The number of aromatic nitrogens is 1. The van der Waals surface area contributed by atoms with Crippen LogP contribution < -0.4 is 4.74 Å². The molecule has 17 heavy (non-hydrogen) atoms. The molecule has 0 aliphatic rings. The summed E-state index contributed by atoms with van der Waals surface area (Å²) in [6, 6.07) is 2.38. The minimum Gasteiger partial charge on any atom is -0.417 e. The van der Waals surface area contributed by atoms with Crippen LogP contribution in [0.4, 0.5) is 22.0 Å². The van der Waals surface area contributed by atoms with Crippen LogP contribution >= 0.6 is 0 Å². The molecule has 8 heteroatoms. The van der Waals surface area contributed by atoms with Gasteiger partial charge in [0.05, 0.1) is 0 Å². The van der Waals surface area contributed by atoms with Gasteiger partial charge in [0.1, 0.15) is 6.54 Å². The van der Waals surface area contributed by atoms with Gasteiger partial charge in [-0.15, -0.1) is 0 Å². The van der Waals surface area contributed by atoms with Crippen LogP contribution in [-0.4, -0.2) is 30.5 Å². The number of halogens is 5. The predicted octanol–water partition coefficient (Wildman–Crippen LogP) is 2.66. The molecule has 0 amide bonds. The zero-order chi connectivity index (χ0) is 12.9. The molecule has 1 aromatic heterocycles. The molecule has 0 saturated heterocycles. The third-order valence-electron chi connectivity index (χ3n) is 1.48. The van der Waals surface area contributed by atoms with Crippen molar-refractivity contribution < 1.29 is 26.7 Å². The molecule has 0 unspecified atom stereocenters. The molecule has 0 saturated carbocycles. The summed E-state index contributed by atoms with van der Waals surface area (Å²) in [4.78, 5) is 6.58. The number of hydrogen-bond acceptors (Lipinski definition) is 3. The van der Waals surface area contributed by atoms with Gasteiger partial charge in [0.15, 0.2) is 0 Å². The fraction of sp³-hybridized carbons (Fsp3) is 0.333. The number of ether oxygens (including phenoxy) is 1. The Bertz CT molecular complexity index is 374. The molecule has 0 aromatic carbocycles. The van der Waals surface area contributed by atoms with Crippen LogP contribution in [0, 0.1) is 0 Å². The van der Waals surface area contributed by atoms with Crippen molar-refractivity contribution in [2.24, 2.45) is 4.99 Å². The van der Waals surface area contributed by atoms with Crippen molar-refractivity contribution in [3.63, 3.8) is 0 Å². The van der Waals surface area contributed by atoms with Crippen molar-refractivity contribution in [1.82, 2.24) is 4.98 Å². The van der Waals surface area contributed by atoms with E-state index in [2.05, 4.69) is 14.7 Å². The second-order valence-corrected chi connectivity index (χ2v) is 2.89. The molecule has 0 atom stereocenters. The Hall–Kier alpha value is -1.73. The molecule has 1 heterocycles. The Balaban J connectivity index is 2.56. The van der Waals surface area contributed by atoms with Gasteiger partial charge in [-0.3, -0.25) is 4.99 Å². The fourth-order valence-electron chi connectivity index (χ4n) is 0.884. The number of pyridine rings is 1. The summed E-state index contributed by atoms with van der Waals surface area (Å²) in [6.45, 7) is -4.30. The van der Waals surface area contributed by atoms with Gasteiger partial charge in [0, 0.05) is 24.0 Å². The zero-order valence-corrected chi connectivity index (χ0v) is 8.29. The maximum Gasteiger partial charge on any atom is 0.407 e. The molecule has 0 bridgehead atoms. The average molecular weight is 254 g/mol. The van der Waals surface area contributed by atoms with Crippen LogP contribution in [0.3, 0.4) is 0 Å². The van der Waals surface area contributed by atoms with Gasteiger partial charge in [-0.05, 0) is 6.07 Å². The van der Waals surface area contributed by atoms with Gasteiger partial charge in [-0.1, -0.05) is 0 Å². The largest absolute Gasteiger partial charge is 0.417 e. The molecule has 1 aromatic rings. The predicted molar refractivity (Wildman–Crippen MR) is 49.4 cm³/mol. The van der Waals surface area contributed by atoms with Gasteiger partial charge in [0.2, 0.25) is 5.88 Å². The highest BCUT2D eigenvalue weighted by Gasteiger charge is 2.25. The van der Waals surface area contributed by atoms with E-state index in [9.17, 15) is 22.0 Å². The lowest BCUT2D eigenvalue weighted by atomic mass is 10.3. The van der Waals surface area contributed by atoms with E-state index in [4.69, 9.17) is 0 Å². The molecule has 0 spiro atoms. The molecule has 0 radical (unpaired) electrons. The molecule has 3 nitrogen and oxygen atoms in total. The van der Waals surface area contributed by atoms with Crippen molar-refractivity contribution in [3.05, 3.63) is 23.9 Å². The van der Waals surface area contributed by atoms with Crippen LogP contribution in [-0.2, 0) is 0 Å². The standard InChI is InChI=1S/C9H7F5N2O/c10-8(11)17-7-2-1-6(4-16-7)3-15-5-9(12,13)14/h1-4,8H,5H2/b15-3+. The summed E-state index contributed by atoms with van der Waals surface area (Å²) < 4.78 is 62.6. The third kappa shape index (κ3) is 5.79. The van der Waals surface area contributed by atoms with Crippen molar-refractivity contribution in [2.45, 2.75) is 12.8 Å². The van der Waals surface area contributed by atoms with Crippen LogP contribution in [0.1, 0.15) is 5.56 Å². The maximum absolute atomic E-state index is 11.7. The van der Waals surface area contributed by atoms with Gasteiger partial charge in [-0.25, -0.2) is 4.98 Å². The van der Waals surface area contributed by atoms with Crippen LogP contribution in [0.15, 0.2) is 23.3 Å². The lowest BCUT2D eigenvalue weighted by Gasteiger charge is -2.02. The highest BCUT2D eigenvalue weighted by atomic mass is 19.4. The smallest absolute Gasteiger partial charge is 0.407 e. The van der Waals surface area contributed by atoms with Crippen molar-refractivity contribution >= 4 is 6.21 Å². The number of hydrogen-bond donors (Lipinski definition) is 0.